The Morgan fingerprint density at radius 1 is 1.47 bits per heavy atom. The van der Waals surface area contributed by atoms with Crippen LogP contribution in [0.5, 0.6) is 0 Å². The predicted molar refractivity (Wildman–Crippen MR) is 77.3 cm³/mol. The second kappa shape index (κ2) is 5.74. The summed E-state index contributed by atoms with van der Waals surface area (Å²) in [6.45, 7) is 4.54. The Balaban J connectivity index is 2.07. The molecule has 19 heavy (non-hydrogen) atoms. The number of anilines is 1. The SMILES string of the molecule is CCN(C(=O)CS(=O)c1cc(N)ccc1C)C1CC1. The van der Waals surface area contributed by atoms with E-state index in [1.165, 1.54) is 0 Å². The van der Waals surface area contributed by atoms with Crippen LogP contribution in [-0.2, 0) is 15.6 Å². The first-order chi connectivity index (χ1) is 9.02. The van der Waals surface area contributed by atoms with Gasteiger partial charge < -0.3 is 10.6 Å². The summed E-state index contributed by atoms with van der Waals surface area (Å²) >= 11 is 0. The zero-order valence-corrected chi connectivity index (χ0v) is 12.2. The van der Waals surface area contributed by atoms with Crippen molar-refractivity contribution < 1.29 is 9.00 Å². The van der Waals surface area contributed by atoms with Crippen molar-refractivity contribution in [2.45, 2.75) is 37.6 Å². The van der Waals surface area contributed by atoms with E-state index in [4.69, 9.17) is 5.73 Å². The number of hydrogen-bond acceptors (Lipinski definition) is 3. The lowest BCUT2D eigenvalue weighted by Gasteiger charge is -2.20. The van der Waals surface area contributed by atoms with Gasteiger partial charge in [0.05, 0.1) is 10.8 Å². The van der Waals surface area contributed by atoms with E-state index in [2.05, 4.69) is 0 Å². The fourth-order valence-corrected chi connectivity index (χ4v) is 3.40. The van der Waals surface area contributed by atoms with Crippen LogP contribution >= 0.6 is 0 Å². The first-order valence-corrected chi connectivity index (χ1v) is 7.88. The molecule has 104 valence electrons. The summed E-state index contributed by atoms with van der Waals surface area (Å²) in [5.74, 6) is 0.0272. The quantitative estimate of drug-likeness (QED) is 0.835. The summed E-state index contributed by atoms with van der Waals surface area (Å²) in [6.07, 6.45) is 2.15. The highest BCUT2D eigenvalue weighted by Crippen LogP contribution is 2.27. The normalized spacial score (nSPS) is 16.1. The summed E-state index contributed by atoms with van der Waals surface area (Å²) in [7, 11) is -1.32. The molecule has 0 saturated heterocycles. The highest BCUT2D eigenvalue weighted by atomic mass is 32.2. The average molecular weight is 280 g/mol. The minimum absolute atomic E-state index is 0.0230. The molecule has 1 saturated carbocycles. The number of benzene rings is 1. The van der Waals surface area contributed by atoms with Crippen LogP contribution in [0.25, 0.3) is 0 Å². The molecule has 5 heteroatoms. The van der Waals surface area contributed by atoms with Gasteiger partial charge in [0.2, 0.25) is 5.91 Å². The number of nitrogens with two attached hydrogens (primary N) is 1. The molecule has 1 aliphatic carbocycles. The molecule has 0 spiro atoms. The van der Waals surface area contributed by atoms with Gasteiger partial charge in [-0.1, -0.05) is 6.07 Å². The number of rotatable bonds is 5. The summed E-state index contributed by atoms with van der Waals surface area (Å²) in [5, 5.41) is 0. The first kappa shape index (κ1) is 14.1. The van der Waals surface area contributed by atoms with Crippen molar-refractivity contribution in [2.75, 3.05) is 18.0 Å². The molecule has 0 heterocycles. The molecule has 1 atom stereocenters. The minimum Gasteiger partial charge on any atom is -0.399 e. The van der Waals surface area contributed by atoms with Gasteiger partial charge in [-0.25, -0.2) is 0 Å². The van der Waals surface area contributed by atoms with E-state index in [0.717, 1.165) is 18.4 Å². The Morgan fingerprint density at radius 2 is 2.16 bits per heavy atom. The molecule has 1 aromatic rings. The van der Waals surface area contributed by atoms with E-state index < -0.39 is 10.8 Å². The number of nitrogen functional groups attached to an aromatic ring is 1. The number of aryl methyl sites for hydroxylation is 1. The lowest BCUT2D eigenvalue weighted by atomic mass is 10.2. The molecule has 1 aliphatic rings. The maximum Gasteiger partial charge on any atom is 0.235 e. The first-order valence-electron chi connectivity index (χ1n) is 6.57. The Kier molecular flexibility index (Phi) is 4.24. The van der Waals surface area contributed by atoms with E-state index in [1.807, 2.05) is 24.8 Å². The molecular formula is C14H20N2O2S. The Morgan fingerprint density at radius 3 is 2.74 bits per heavy atom. The largest absolute Gasteiger partial charge is 0.399 e. The van der Waals surface area contributed by atoms with Gasteiger partial charge >= 0.3 is 0 Å². The summed E-state index contributed by atoms with van der Waals surface area (Å²) in [5.41, 5.74) is 7.20. The summed E-state index contributed by atoms with van der Waals surface area (Å²) < 4.78 is 12.3. The second-order valence-electron chi connectivity index (χ2n) is 4.93. The fourth-order valence-electron chi connectivity index (χ4n) is 2.16. The van der Waals surface area contributed by atoms with Crippen LogP contribution in [0.4, 0.5) is 5.69 Å². The van der Waals surface area contributed by atoms with Gasteiger partial charge in [-0.2, -0.15) is 0 Å². The van der Waals surface area contributed by atoms with Gasteiger partial charge in [0, 0.05) is 23.2 Å². The van der Waals surface area contributed by atoms with Crippen LogP contribution < -0.4 is 5.73 Å². The highest BCUT2D eigenvalue weighted by Gasteiger charge is 2.32. The van der Waals surface area contributed by atoms with E-state index in [1.54, 1.807) is 12.1 Å². The van der Waals surface area contributed by atoms with Crippen molar-refractivity contribution in [3.8, 4) is 0 Å². The zero-order chi connectivity index (χ0) is 14.0. The van der Waals surface area contributed by atoms with Crippen molar-refractivity contribution in [3.05, 3.63) is 23.8 Å². The van der Waals surface area contributed by atoms with Crippen LogP contribution in [-0.4, -0.2) is 33.4 Å². The standard InChI is InChI=1S/C14H20N2O2S/c1-3-16(12-6-7-12)14(17)9-19(18)13-8-11(15)5-4-10(13)2/h4-5,8,12H,3,6-7,9,15H2,1-2H3. The van der Waals surface area contributed by atoms with Crippen LogP contribution in [0.3, 0.4) is 0 Å². The summed E-state index contributed by atoms with van der Waals surface area (Å²) in [6, 6.07) is 5.69. The van der Waals surface area contributed by atoms with Gasteiger partial charge in [-0.15, -0.1) is 0 Å². The maximum absolute atomic E-state index is 12.3. The molecular weight excluding hydrogens is 260 g/mol. The van der Waals surface area contributed by atoms with E-state index in [0.29, 0.717) is 23.2 Å². The van der Waals surface area contributed by atoms with Gasteiger partial charge in [0.1, 0.15) is 5.75 Å². The van der Waals surface area contributed by atoms with Crippen molar-refractivity contribution in [1.29, 1.82) is 0 Å². The topological polar surface area (TPSA) is 63.4 Å². The molecule has 1 fully saturated rings. The molecule has 0 aromatic heterocycles. The molecule has 1 unspecified atom stereocenters. The third-order valence-electron chi connectivity index (χ3n) is 3.36. The van der Waals surface area contributed by atoms with Crippen molar-refractivity contribution in [1.82, 2.24) is 4.90 Å². The number of carbonyl (C=O) groups excluding carboxylic acids is 1. The average Bonchev–Trinajstić information content (AvgIpc) is 3.17. The van der Waals surface area contributed by atoms with Gasteiger partial charge in [0.15, 0.2) is 0 Å². The summed E-state index contributed by atoms with van der Waals surface area (Å²) in [4.78, 5) is 14.6. The Hall–Kier alpha value is -1.36. The molecule has 4 nitrogen and oxygen atoms in total. The lowest BCUT2D eigenvalue weighted by molar-refractivity contribution is -0.128. The molecule has 1 aromatic carbocycles. The lowest BCUT2D eigenvalue weighted by Crippen LogP contribution is -2.36. The van der Waals surface area contributed by atoms with Gasteiger partial charge in [0.25, 0.3) is 0 Å². The van der Waals surface area contributed by atoms with Gasteiger partial charge in [-0.05, 0) is 44.4 Å². The molecule has 0 aliphatic heterocycles. The zero-order valence-electron chi connectivity index (χ0n) is 11.4. The van der Waals surface area contributed by atoms with E-state index in [-0.39, 0.29) is 11.7 Å². The molecule has 2 rings (SSSR count). The molecule has 0 bridgehead atoms. The molecule has 1 amide bonds. The highest BCUT2D eigenvalue weighted by molar-refractivity contribution is 7.85. The second-order valence-corrected chi connectivity index (χ2v) is 6.35. The van der Waals surface area contributed by atoms with E-state index in [9.17, 15) is 9.00 Å². The van der Waals surface area contributed by atoms with Gasteiger partial charge in [-0.3, -0.25) is 9.00 Å². The third-order valence-corrected chi connectivity index (χ3v) is 4.80. The molecule has 0 radical (unpaired) electrons. The van der Waals surface area contributed by atoms with Crippen LogP contribution in [0, 0.1) is 6.92 Å². The fraction of sp³-hybridized carbons (Fsp3) is 0.500. The number of hydrogen-bond donors (Lipinski definition) is 1. The van der Waals surface area contributed by atoms with Crippen LogP contribution in [0.15, 0.2) is 23.1 Å². The minimum atomic E-state index is -1.32. The van der Waals surface area contributed by atoms with Crippen LogP contribution in [0.2, 0.25) is 0 Å². The maximum atomic E-state index is 12.3. The Labute approximate surface area is 116 Å². The molecule has 2 N–H and O–H groups in total. The number of nitrogens with zero attached hydrogens (tertiary/aromatic N) is 1. The predicted octanol–water partition coefficient (Wildman–Crippen LogP) is 1.70. The monoisotopic (exact) mass is 280 g/mol. The number of carbonyl (C=O) groups is 1. The smallest absolute Gasteiger partial charge is 0.235 e. The van der Waals surface area contributed by atoms with E-state index >= 15 is 0 Å². The van der Waals surface area contributed by atoms with Crippen molar-refractivity contribution in [3.63, 3.8) is 0 Å². The van der Waals surface area contributed by atoms with Crippen molar-refractivity contribution in [2.24, 2.45) is 0 Å². The number of amides is 1. The Bertz CT molecular complexity index is 512. The van der Waals surface area contributed by atoms with Crippen molar-refractivity contribution >= 4 is 22.4 Å². The third kappa shape index (κ3) is 3.35. The van der Waals surface area contributed by atoms with Crippen LogP contribution in [0.1, 0.15) is 25.3 Å².